The van der Waals surface area contributed by atoms with E-state index in [-0.39, 0.29) is 24.0 Å². The summed E-state index contributed by atoms with van der Waals surface area (Å²) < 4.78 is 16.2. The van der Waals surface area contributed by atoms with Crippen molar-refractivity contribution >= 4 is 22.7 Å². The Kier molecular flexibility index (Phi) is 5.94. The molecule has 1 N–H and O–H groups in total. The number of hydrogen-bond donors (Lipinski definition) is 1. The van der Waals surface area contributed by atoms with Gasteiger partial charge in [-0.2, -0.15) is 0 Å². The van der Waals surface area contributed by atoms with Crippen LogP contribution in [0.15, 0.2) is 36.4 Å². The van der Waals surface area contributed by atoms with E-state index in [4.69, 9.17) is 14.2 Å². The van der Waals surface area contributed by atoms with Gasteiger partial charge in [-0.3, -0.25) is 14.6 Å². The minimum absolute atomic E-state index is 0.122. The number of hydrogen-bond acceptors (Lipinski definition) is 5. The second-order valence-corrected chi connectivity index (χ2v) is 7.63. The number of methoxy groups -OCH3 is 3. The number of aromatic nitrogens is 1. The summed E-state index contributed by atoms with van der Waals surface area (Å²) in [6.07, 6.45) is 0.919. The standard InChI is InChI=1S/C24H27N3O5/c1-15-18(16-8-5-6-9-19(16)25-15)14-21(28)26-12-7-13-27(26)24(29)17-10-11-20(30-2)23(32-4)22(17)31-3/h5-6,8-11,25H,7,12-14H2,1-4H3. The van der Waals surface area contributed by atoms with Gasteiger partial charge >= 0.3 is 0 Å². The predicted molar refractivity (Wildman–Crippen MR) is 120 cm³/mol. The van der Waals surface area contributed by atoms with Crippen LogP contribution < -0.4 is 14.2 Å². The van der Waals surface area contributed by atoms with E-state index in [0.29, 0.717) is 36.6 Å². The summed E-state index contributed by atoms with van der Waals surface area (Å²) >= 11 is 0. The van der Waals surface area contributed by atoms with Gasteiger partial charge in [-0.1, -0.05) is 18.2 Å². The number of nitrogens with one attached hydrogen (secondary N) is 1. The summed E-state index contributed by atoms with van der Waals surface area (Å²) in [5.41, 5.74) is 3.22. The quantitative estimate of drug-likeness (QED) is 0.640. The van der Waals surface area contributed by atoms with Gasteiger partial charge in [-0.15, -0.1) is 0 Å². The second kappa shape index (κ2) is 8.82. The van der Waals surface area contributed by atoms with Crippen LogP contribution in [0.4, 0.5) is 0 Å². The molecule has 8 nitrogen and oxygen atoms in total. The van der Waals surface area contributed by atoms with Crippen molar-refractivity contribution in [2.24, 2.45) is 0 Å². The van der Waals surface area contributed by atoms with E-state index in [0.717, 1.165) is 22.2 Å². The molecule has 1 aliphatic rings. The third kappa shape index (κ3) is 3.62. The van der Waals surface area contributed by atoms with Gasteiger partial charge in [-0.25, -0.2) is 5.01 Å². The monoisotopic (exact) mass is 437 g/mol. The predicted octanol–water partition coefficient (Wildman–Crippen LogP) is 3.33. The Morgan fingerprint density at radius 3 is 2.38 bits per heavy atom. The number of aryl methyl sites for hydroxylation is 1. The van der Waals surface area contributed by atoms with E-state index < -0.39 is 0 Å². The topological polar surface area (TPSA) is 84.1 Å². The van der Waals surface area contributed by atoms with E-state index in [2.05, 4.69) is 4.98 Å². The molecular formula is C24H27N3O5. The number of carbonyl (C=O) groups is 2. The van der Waals surface area contributed by atoms with Crippen molar-refractivity contribution in [3.63, 3.8) is 0 Å². The Morgan fingerprint density at radius 2 is 1.66 bits per heavy atom. The lowest BCUT2D eigenvalue weighted by Crippen LogP contribution is -2.45. The first-order valence-corrected chi connectivity index (χ1v) is 10.5. The van der Waals surface area contributed by atoms with Crippen molar-refractivity contribution < 1.29 is 23.8 Å². The third-order valence-corrected chi connectivity index (χ3v) is 5.84. The number of ether oxygens (including phenoxy) is 3. The lowest BCUT2D eigenvalue weighted by atomic mass is 10.1. The number of nitrogens with zero attached hydrogens (tertiary/aromatic N) is 2. The highest BCUT2D eigenvalue weighted by Crippen LogP contribution is 2.40. The van der Waals surface area contributed by atoms with E-state index in [1.54, 1.807) is 17.1 Å². The molecule has 0 atom stereocenters. The Labute approximate surface area is 186 Å². The minimum atomic E-state index is -0.315. The number of aromatic amines is 1. The number of hydrazine groups is 1. The van der Waals surface area contributed by atoms with Crippen molar-refractivity contribution in [3.05, 3.63) is 53.2 Å². The molecule has 2 aromatic carbocycles. The molecule has 1 aromatic heterocycles. The Bertz CT molecular complexity index is 1170. The summed E-state index contributed by atoms with van der Waals surface area (Å²) in [5, 5.41) is 4.06. The van der Waals surface area contributed by atoms with Crippen molar-refractivity contribution in [2.45, 2.75) is 19.8 Å². The summed E-state index contributed by atoms with van der Waals surface area (Å²) in [6.45, 7) is 2.90. The lowest BCUT2D eigenvalue weighted by Gasteiger charge is -2.29. The maximum absolute atomic E-state index is 13.4. The molecule has 0 radical (unpaired) electrons. The molecule has 2 heterocycles. The zero-order valence-corrected chi connectivity index (χ0v) is 18.7. The van der Waals surface area contributed by atoms with Crippen molar-refractivity contribution in [2.75, 3.05) is 34.4 Å². The molecule has 0 spiro atoms. The van der Waals surface area contributed by atoms with Crippen molar-refractivity contribution in [3.8, 4) is 17.2 Å². The fourth-order valence-electron chi connectivity index (χ4n) is 4.30. The zero-order chi connectivity index (χ0) is 22.8. The van der Waals surface area contributed by atoms with Crippen LogP contribution in [-0.4, -0.2) is 61.2 Å². The van der Waals surface area contributed by atoms with E-state index in [1.807, 2.05) is 31.2 Å². The SMILES string of the molecule is COc1ccc(C(=O)N2CCCN2C(=O)Cc2c(C)[nH]c3ccccc23)c(OC)c1OC. The Balaban J connectivity index is 1.62. The highest BCUT2D eigenvalue weighted by molar-refractivity contribution is 6.00. The van der Waals surface area contributed by atoms with E-state index >= 15 is 0 Å². The minimum Gasteiger partial charge on any atom is -0.493 e. The van der Waals surface area contributed by atoms with E-state index in [9.17, 15) is 9.59 Å². The molecule has 32 heavy (non-hydrogen) atoms. The van der Waals surface area contributed by atoms with Gasteiger partial charge < -0.3 is 19.2 Å². The fraction of sp³-hybridized carbons (Fsp3) is 0.333. The lowest BCUT2D eigenvalue weighted by molar-refractivity contribution is -0.139. The molecule has 0 saturated carbocycles. The van der Waals surface area contributed by atoms with Crippen LogP contribution in [0.1, 0.15) is 28.0 Å². The average molecular weight is 437 g/mol. The molecule has 3 aromatic rings. The number of rotatable bonds is 6. The molecule has 0 unspecified atom stereocenters. The third-order valence-electron chi connectivity index (χ3n) is 5.84. The summed E-state index contributed by atoms with van der Waals surface area (Å²) in [5.74, 6) is 0.647. The smallest absolute Gasteiger partial charge is 0.276 e. The fourth-order valence-corrected chi connectivity index (χ4v) is 4.30. The first-order chi connectivity index (χ1) is 15.5. The zero-order valence-electron chi connectivity index (χ0n) is 18.7. The number of benzene rings is 2. The van der Waals surface area contributed by atoms with Crippen LogP contribution in [-0.2, 0) is 11.2 Å². The van der Waals surface area contributed by atoms with Gasteiger partial charge in [0.05, 0.1) is 33.3 Å². The maximum Gasteiger partial charge on any atom is 0.276 e. The number of amides is 2. The molecule has 1 aliphatic heterocycles. The highest BCUT2D eigenvalue weighted by Gasteiger charge is 2.34. The maximum atomic E-state index is 13.4. The van der Waals surface area contributed by atoms with Gasteiger partial charge in [0.15, 0.2) is 11.5 Å². The van der Waals surface area contributed by atoms with Gasteiger partial charge in [0.25, 0.3) is 5.91 Å². The van der Waals surface area contributed by atoms with Crippen LogP contribution in [0.2, 0.25) is 0 Å². The van der Waals surface area contributed by atoms with Crippen molar-refractivity contribution in [1.82, 2.24) is 15.0 Å². The molecule has 168 valence electrons. The largest absolute Gasteiger partial charge is 0.493 e. The summed E-state index contributed by atoms with van der Waals surface area (Å²) in [6, 6.07) is 11.2. The van der Waals surface area contributed by atoms with Gasteiger partial charge in [-0.05, 0) is 37.1 Å². The number of para-hydroxylation sites is 1. The second-order valence-electron chi connectivity index (χ2n) is 7.63. The van der Waals surface area contributed by atoms with Crippen LogP contribution in [0.5, 0.6) is 17.2 Å². The molecule has 2 amide bonds. The Hall–Kier alpha value is -3.68. The molecule has 1 fully saturated rings. The molecular weight excluding hydrogens is 410 g/mol. The van der Waals surface area contributed by atoms with Crippen molar-refractivity contribution in [1.29, 1.82) is 0 Å². The van der Waals surface area contributed by atoms with Gasteiger partial charge in [0.1, 0.15) is 0 Å². The number of fused-ring (bicyclic) bond motifs is 1. The van der Waals surface area contributed by atoms with Crippen LogP contribution in [0.25, 0.3) is 10.9 Å². The first-order valence-electron chi connectivity index (χ1n) is 10.5. The molecule has 4 rings (SSSR count). The molecule has 8 heteroatoms. The van der Waals surface area contributed by atoms with Gasteiger partial charge in [0, 0.05) is 29.7 Å². The molecule has 0 bridgehead atoms. The summed E-state index contributed by atoms with van der Waals surface area (Å²) in [7, 11) is 4.48. The first kappa shape index (κ1) is 21.5. The number of H-pyrrole nitrogens is 1. The highest BCUT2D eigenvalue weighted by atomic mass is 16.5. The van der Waals surface area contributed by atoms with Crippen LogP contribution in [0.3, 0.4) is 0 Å². The normalized spacial score (nSPS) is 13.5. The molecule has 0 aliphatic carbocycles. The van der Waals surface area contributed by atoms with Crippen LogP contribution in [0, 0.1) is 6.92 Å². The Morgan fingerprint density at radius 1 is 0.938 bits per heavy atom. The summed E-state index contributed by atoms with van der Waals surface area (Å²) in [4.78, 5) is 30.0. The van der Waals surface area contributed by atoms with E-state index in [1.165, 1.54) is 26.3 Å². The number of carbonyl (C=O) groups excluding carboxylic acids is 2. The average Bonchev–Trinajstić information content (AvgIpc) is 3.42. The van der Waals surface area contributed by atoms with Crippen LogP contribution >= 0.6 is 0 Å². The molecule has 1 saturated heterocycles. The van der Waals surface area contributed by atoms with Gasteiger partial charge in [0.2, 0.25) is 11.7 Å².